The van der Waals surface area contributed by atoms with Crippen LogP contribution < -0.4 is 0 Å². The molecule has 16 heavy (non-hydrogen) atoms. The second kappa shape index (κ2) is 8.10. The van der Waals surface area contributed by atoms with Gasteiger partial charge in [0.05, 0.1) is 6.61 Å². The van der Waals surface area contributed by atoms with Crippen LogP contribution in [0.3, 0.4) is 0 Å². The molecule has 0 N–H and O–H groups in total. The van der Waals surface area contributed by atoms with E-state index in [4.69, 9.17) is 4.74 Å². The van der Waals surface area contributed by atoms with Crippen LogP contribution in [0.4, 0.5) is 0 Å². The average molecular weight is 291 g/mol. The zero-order valence-electron chi connectivity index (χ0n) is 10.2. The first-order valence-electron chi connectivity index (χ1n) is 6.53. The van der Waals surface area contributed by atoms with Crippen LogP contribution in [0.25, 0.3) is 0 Å². The molecule has 2 nitrogen and oxygen atoms in total. The Kier molecular flexibility index (Phi) is 7.10. The number of rotatable bonds is 3. The first-order chi connectivity index (χ1) is 7.74. The number of carbonyl (C=O) groups excluding carboxylic acids is 1. The molecule has 2 atom stereocenters. The third-order valence-electron chi connectivity index (χ3n) is 3.30. The van der Waals surface area contributed by atoms with Crippen LogP contribution >= 0.6 is 15.9 Å². The maximum absolute atomic E-state index is 11.5. The lowest BCUT2D eigenvalue weighted by Gasteiger charge is -2.20. The molecule has 0 heterocycles. The molecule has 1 fully saturated rings. The molecule has 0 spiro atoms. The van der Waals surface area contributed by atoms with Crippen molar-refractivity contribution in [3.8, 4) is 0 Å². The fourth-order valence-electron chi connectivity index (χ4n) is 2.36. The fraction of sp³-hybridized carbons (Fsp3) is 0.923. The number of carbonyl (C=O) groups is 1. The van der Waals surface area contributed by atoms with Gasteiger partial charge in [0.1, 0.15) is 0 Å². The predicted octanol–water partition coefficient (Wildman–Crippen LogP) is 4.06. The van der Waals surface area contributed by atoms with Crippen molar-refractivity contribution in [2.75, 3.05) is 6.61 Å². The Bertz CT molecular complexity index is 206. The first kappa shape index (κ1) is 14.0. The van der Waals surface area contributed by atoms with Gasteiger partial charge < -0.3 is 4.74 Å². The third kappa shape index (κ3) is 5.33. The van der Waals surface area contributed by atoms with E-state index in [1.165, 1.54) is 38.5 Å². The number of halogens is 1. The minimum absolute atomic E-state index is 0.0313. The van der Waals surface area contributed by atoms with E-state index in [9.17, 15) is 4.79 Å². The molecule has 0 aromatic carbocycles. The summed E-state index contributed by atoms with van der Waals surface area (Å²) in [6.45, 7) is 2.37. The molecule has 0 aromatic heterocycles. The summed E-state index contributed by atoms with van der Waals surface area (Å²) >= 11 is 3.75. The Morgan fingerprint density at radius 3 is 2.50 bits per heavy atom. The van der Waals surface area contributed by atoms with Crippen molar-refractivity contribution in [1.29, 1.82) is 0 Å². The second-order valence-corrected chi connectivity index (χ2v) is 5.81. The summed E-state index contributed by atoms with van der Waals surface area (Å²) in [6, 6.07) is 0. The summed E-state index contributed by atoms with van der Waals surface area (Å²) in [7, 11) is 0. The van der Waals surface area contributed by atoms with Gasteiger partial charge in [0, 0.05) is 11.2 Å². The van der Waals surface area contributed by atoms with E-state index in [-0.39, 0.29) is 5.97 Å². The van der Waals surface area contributed by atoms with Crippen LogP contribution in [0.5, 0.6) is 0 Å². The molecule has 3 heteroatoms. The van der Waals surface area contributed by atoms with Gasteiger partial charge in [-0.2, -0.15) is 0 Å². The van der Waals surface area contributed by atoms with Gasteiger partial charge in [-0.1, -0.05) is 48.0 Å². The van der Waals surface area contributed by atoms with E-state index < -0.39 is 0 Å². The number of hydrogen-bond donors (Lipinski definition) is 0. The number of hydrogen-bond acceptors (Lipinski definition) is 2. The van der Waals surface area contributed by atoms with Crippen LogP contribution in [0.1, 0.15) is 58.3 Å². The molecule has 1 aliphatic carbocycles. The zero-order chi connectivity index (χ0) is 11.8. The summed E-state index contributed by atoms with van der Waals surface area (Å²) in [5.74, 6) is 0.438. The molecule has 0 aliphatic heterocycles. The van der Waals surface area contributed by atoms with Crippen molar-refractivity contribution >= 4 is 21.9 Å². The molecular weight excluding hydrogens is 268 g/mol. The Balaban J connectivity index is 2.41. The van der Waals surface area contributed by atoms with Gasteiger partial charge >= 0.3 is 5.97 Å². The molecule has 1 saturated carbocycles. The number of ether oxygens (including phenoxy) is 1. The van der Waals surface area contributed by atoms with E-state index in [1.54, 1.807) is 0 Å². The summed E-state index contributed by atoms with van der Waals surface area (Å²) in [4.78, 5) is 12.0. The lowest BCUT2D eigenvalue weighted by molar-refractivity contribution is -0.144. The minimum Gasteiger partial charge on any atom is -0.466 e. The standard InChI is InChI=1S/C13H23BrO2/c1-2-16-13(15)10-11-8-6-4-3-5-7-9-12(11)14/h11-12H,2-10H2,1H3. The Hall–Kier alpha value is -0.0500. The topological polar surface area (TPSA) is 26.3 Å². The first-order valence-corrected chi connectivity index (χ1v) is 7.45. The maximum Gasteiger partial charge on any atom is 0.306 e. The van der Waals surface area contributed by atoms with Gasteiger partial charge in [0.15, 0.2) is 0 Å². The Morgan fingerprint density at radius 1 is 1.19 bits per heavy atom. The Morgan fingerprint density at radius 2 is 1.81 bits per heavy atom. The van der Waals surface area contributed by atoms with E-state index >= 15 is 0 Å². The molecule has 1 aliphatic rings. The third-order valence-corrected chi connectivity index (χ3v) is 4.51. The highest BCUT2D eigenvalue weighted by Gasteiger charge is 2.22. The highest BCUT2D eigenvalue weighted by Crippen LogP contribution is 2.29. The fourth-order valence-corrected chi connectivity index (χ4v) is 3.13. The molecule has 2 unspecified atom stereocenters. The van der Waals surface area contributed by atoms with Crippen molar-refractivity contribution in [2.45, 2.75) is 63.1 Å². The normalized spacial score (nSPS) is 27.6. The highest BCUT2D eigenvalue weighted by molar-refractivity contribution is 9.09. The molecule has 94 valence electrons. The van der Waals surface area contributed by atoms with Crippen LogP contribution in [0.2, 0.25) is 0 Å². The van der Waals surface area contributed by atoms with Crippen LogP contribution in [-0.4, -0.2) is 17.4 Å². The van der Waals surface area contributed by atoms with Crippen LogP contribution in [0, 0.1) is 5.92 Å². The monoisotopic (exact) mass is 290 g/mol. The van der Waals surface area contributed by atoms with Crippen molar-refractivity contribution in [1.82, 2.24) is 0 Å². The molecule has 0 amide bonds. The van der Waals surface area contributed by atoms with Gasteiger partial charge in [-0.15, -0.1) is 0 Å². The van der Waals surface area contributed by atoms with Gasteiger partial charge in [0.2, 0.25) is 0 Å². The van der Waals surface area contributed by atoms with Gasteiger partial charge in [-0.05, 0) is 25.7 Å². The number of esters is 1. The zero-order valence-corrected chi connectivity index (χ0v) is 11.8. The molecule has 0 bridgehead atoms. The number of alkyl halides is 1. The van der Waals surface area contributed by atoms with Crippen LogP contribution in [0.15, 0.2) is 0 Å². The molecule has 0 saturated heterocycles. The predicted molar refractivity (Wildman–Crippen MR) is 69.8 cm³/mol. The minimum atomic E-state index is -0.0313. The van der Waals surface area contributed by atoms with Gasteiger partial charge in [-0.25, -0.2) is 0 Å². The average Bonchev–Trinajstić information content (AvgIpc) is 2.34. The largest absolute Gasteiger partial charge is 0.466 e. The molecule has 0 aromatic rings. The highest BCUT2D eigenvalue weighted by atomic mass is 79.9. The second-order valence-electron chi connectivity index (χ2n) is 4.63. The van der Waals surface area contributed by atoms with E-state index in [0.29, 0.717) is 23.8 Å². The van der Waals surface area contributed by atoms with Crippen molar-refractivity contribution < 1.29 is 9.53 Å². The quantitative estimate of drug-likeness (QED) is 0.579. The SMILES string of the molecule is CCOC(=O)CC1CCCCCCCC1Br. The Labute approximate surface area is 107 Å². The van der Waals surface area contributed by atoms with E-state index in [2.05, 4.69) is 15.9 Å². The molecular formula is C13H23BrO2. The lowest BCUT2D eigenvalue weighted by Crippen LogP contribution is -2.19. The van der Waals surface area contributed by atoms with E-state index in [0.717, 1.165) is 6.42 Å². The van der Waals surface area contributed by atoms with E-state index in [1.807, 2.05) is 6.92 Å². The van der Waals surface area contributed by atoms with Crippen molar-refractivity contribution in [3.63, 3.8) is 0 Å². The summed E-state index contributed by atoms with van der Waals surface area (Å²) in [5.41, 5.74) is 0. The summed E-state index contributed by atoms with van der Waals surface area (Å²) < 4.78 is 5.04. The maximum atomic E-state index is 11.5. The summed E-state index contributed by atoms with van der Waals surface area (Å²) in [5, 5.41) is 0. The van der Waals surface area contributed by atoms with Gasteiger partial charge in [-0.3, -0.25) is 4.79 Å². The van der Waals surface area contributed by atoms with Crippen molar-refractivity contribution in [3.05, 3.63) is 0 Å². The van der Waals surface area contributed by atoms with Gasteiger partial charge in [0.25, 0.3) is 0 Å². The summed E-state index contributed by atoms with van der Waals surface area (Å²) in [6.07, 6.45) is 9.50. The van der Waals surface area contributed by atoms with Crippen LogP contribution in [-0.2, 0) is 9.53 Å². The molecule has 0 radical (unpaired) electrons. The van der Waals surface area contributed by atoms with Crippen molar-refractivity contribution in [2.24, 2.45) is 5.92 Å². The lowest BCUT2D eigenvalue weighted by atomic mass is 9.93. The smallest absolute Gasteiger partial charge is 0.306 e. The molecule has 1 rings (SSSR count).